The van der Waals surface area contributed by atoms with Crippen molar-refractivity contribution in [2.45, 2.75) is 25.7 Å². The average Bonchev–Trinajstić information content (AvgIpc) is 2.55. The van der Waals surface area contributed by atoms with E-state index in [1.165, 1.54) is 24.3 Å². The molecule has 2 rings (SSSR count). The topological polar surface area (TPSA) is 66.4 Å². The summed E-state index contributed by atoms with van der Waals surface area (Å²) in [7, 11) is 0. The Morgan fingerprint density at radius 3 is 2.38 bits per heavy atom. The lowest BCUT2D eigenvalue weighted by molar-refractivity contribution is -0.125. The summed E-state index contributed by atoms with van der Waals surface area (Å²) in [6.07, 6.45) is 0.588. The van der Waals surface area contributed by atoms with Gasteiger partial charge in [-0.05, 0) is 55.7 Å². The summed E-state index contributed by atoms with van der Waals surface area (Å²) in [5.74, 6) is -1.52. The molecule has 0 atom stereocenters. The molecule has 0 saturated heterocycles. The molecule has 1 amide bonds. The zero-order chi connectivity index (χ0) is 17.7. The summed E-state index contributed by atoms with van der Waals surface area (Å²) in [5, 5.41) is 11.7. The van der Waals surface area contributed by atoms with Crippen LogP contribution in [0.1, 0.15) is 35.3 Å². The Kier molecular flexibility index (Phi) is 5.34. The van der Waals surface area contributed by atoms with E-state index in [1.807, 2.05) is 0 Å². The second-order valence-electron chi connectivity index (χ2n) is 6.14. The Hall–Kier alpha value is -2.69. The summed E-state index contributed by atoms with van der Waals surface area (Å²) in [6, 6.07) is 12.6. The molecule has 0 aliphatic carbocycles. The van der Waals surface area contributed by atoms with Gasteiger partial charge in [0.2, 0.25) is 5.91 Å². The predicted octanol–water partition coefficient (Wildman–Crippen LogP) is 3.16. The normalized spacial score (nSPS) is 11.1. The van der Waals surface area contributed by atoms with Gasteiger partial charge >= 0.3 is 5.97 Å². The number of aromatic carboxylic acids is 1. The van der Waals surface area contributed by atoms with E-state index in [2.05, 4.69) is 5.32 Å². The molecular formula is C19H20FNO3. The highest BCUT2D eigenvalue weighted by Gasteiger charge is 2.29. The zero-order valence-corrected chi connectivity index (χ0v) is 13.7. The lowest BCUT2D eigenvalue weighted by Crippen LogP contribution is -2.41. The van der Waals surface area contributed by atoms with Crippen LogP contribution in [0.4, 0.5) is 4.39 Å². The highest BCUT2D eigenvalue weighted by molar-refractivity contribution is 5.88. The molecule has 0 bridgehead atoms. The van der Waals surface area contributed by atoms with Crippen LogP contribution < -0.4 is 5.32 Å². The van der Waals surface area contributed by atoms with Gasteiger partial charge < -0.3 is 10.4 Å². The number of carboxylic acid groups (broad SMARTS) is 1. The molecule has 2 N–H and O–H groups in total. The van der Waals surface area contributed by atoms with Crippen molar-refractivity contribution in [3.8, 4) is 0 Å². The first-order valence-electron chi connectivity index (χ1n) is 7.67. The Bertz CT molecular complexity index is 739. The van der Waals surface area contributed by atoms with Gasteiger partial charge in [0.15, 0.2) is 0 Å². The quantitative estimate of drug-likeness (QED) is 0.855. The second-order valence-corrected chi connectivity index (χ2v) is 6.14. The van der Waals surface area contributed by atoms with E-state index in [-0.39, 0.29) is 17.3 Å². The number of rotatable bonds is 6. The van der Waals surface area contributed by atoms with Gasteiger partial charge in [0.05, 0.1) is 11.0 Å². The van der Waals surface area contributed by atoms with E-state index in [9.17, 15) is 14.0 Å². The molecule has 0 aromatic heterocycles. The zero-order valence-electron chi connectivity index (χ0n) is 13.7. The van der Waals surface area contributed by atoms with E-state index in [1.54, 1.807) is 38.1 Å². The van der Waals surface area contributed by atoms with Crippen molar-refractivity contribution in [3.63, 3.8) is 0 Å². The SMILES string of the molecule is CC(C)(C(=O)NCCc1ccc(C(=O)O)cc1)c1cccc(F)c1. The fourth-order valence-corrected chi connectivity index (χ4v) is 2.36. The first-order chi connectivity index (χ1) is 11.3. The lowest BCUT2D eigenvalue weighted by atomic mass is 9.83. The lowest BCUT2D eigenvalue weighted by Gasteiger charge is -2.24. The first-order valence-corrected chi connectivity index (χ1v) is 7.67. The van der Waals surface area contributed by atoms with Crippen LogP contribution in [-0.2, 0) is 16.6 Å². The summed E-state index contributed by atoms with van der Waals surface area (Å²) in [5.41, 5.74) is 0.944. The van der Waals surface area contributed by atoms with Crippen LogP contribution in [0.15, 0.2) is 48.5 Å². The third-order valence-corrected chi connectivity index (χ3v) is 4.01. The van der Waals surface area contributed by atoms with Gasteiger partial charge in [-0.25, -0.2) is 9.18 Å². The summed E-state index contributed by atoms with van der Waals surface area (Å²) >= 11 is 0. The van der Waals surface area contributed by atoms with E-state index < -0.39 is 11.4 Å². The number of amides is 1. The second kappa shape index (κ2) is 7.25. The largest absolute Gasteiger partial charge is 0.478 e. The van der Waals surface area contributed by atoms with Crippen molar-refractivity contribution >= 4 is 11.9 Å². The number of hydrogen-bond donors (Lipinski definition) is 2. The molecule has 0 aliphatic heterocycles. The van der Waals surface area contributed by atoms with Crippen LogP contribution in [0.2, 0.25) is 0 Å². The minimum atomic E-state index is -0.966. The van der Waals surface area contributed by atoms with Gasteiger partial charge in [0.25, 0.3) is 0 Å². The van der Waals surface area contributed by atoms with Crippen LogP contribution >= 0.6 is 0 Å². The highest BCUT2D eigenvalue weighted by Crippen LogP contribution is 2.23. The Morgan fingerprint density at radius 2 is 1.79 bits per heavy atom. The minimum Gasteiger partial charge on any atom is -0.478 e. The Morgan fingerprint density at radius 1 is 1.12 bits per heavy atom. The molecule has 2 aromatic carbocycles. The predicted molar refractivity (Wildman–Crippen MR) is 89.5 cm³/mol. The fourth-order valence-electron chi connectivity index (χ4n) is 2.36. The van der Waals surface area contributed by atoms with E-state index in [0.29, 0.717) is 18.5 Å². The number of nitrogens with one attached hydrogen (secondary N) is 1. The maximum Gasteiger partial charge on any atom is 0.335 e. The molecule has 0 aliphatic rings. The molecule has 0 heterocycles. The van der Waals surface area contributed by atoms with Crippen molar-refractivity contribution in [2.75, 3.05) is 6.54 Å². The summed E-state index contributed by atoms with van der Waals surface area (Å²) in [6.45, 7) is 3.92. The number of hydrogen-bond acceptors (Lipinski definition) is 2. The minimum absolute atomic E-state index is 0.185. The molecule has 0 unspecified atom stereocenters. The number of benzene rings is 2. The van der Waals surface area contributed by atoms with Crippen LogP contribution in [0.5, 0.6) is 0 Å². The van der Waals surface area contributed by atoms with Crippen LogP contribution in [0, 0.1) is 5.82 Å². The molecule has 24 heavy (non-hydrogen) atoms. The van der Waals surface area contributed by atoms with Crippen LogP contribution in [0.25, 0.3) is 0 Å². The van der Waals surface area contributed by atoms with Crippen molar-refractivity contribution in [1.29, 1.82) is 0 Å². The van der Waals surface area contributed by atoms with Crippen molar-refractivity contribution < 1.29 is 19.1 Å². The number of carbonyl (C=O) groups excluding carboxylic acids is 1. The standard InChI is InChI=1S/C19H20FNO3/c1-19(2,15-4-3-5-16(20)12-15)18(24)21-11-10-13-6-8-14(9-7-13)17(22)23/h3-9,12H,10-11H2,1-2H3,(H,21,24)(H,22,23). The third-order valence-electron chi connectivity index (χ3n) is 4.01. The average molecular weight is 329 g/mol. The first kappa shape index (κ1) is 17.7. The number of carboxylic acids is 1. The Balaban J connectivity index is 1.93. The maximum absolute atomic E-state index is 13.4. The molecule has 0 fully saturated rings. The molecule has 5 heteroatoms. The Labute approximate surface area is 140 Å². The molecular weight excluding hydrogens is 309 g/mol. The van der Waals surface area contributed by atoms with Gasteiger partial charge in [0.1, 0.15) is 5.82 Å². The molecule has 0 radical (unpaired) electrons. The molecule has 0 spiro atoms. The smallest absolute Gasteiger partial charge is 0.335 e. The van der Waals surface area contributed by atoms with Gasteiger partial charge in [-0.2, -0.15) is 0 Å². The van der Waals surface area contributed by atoms with Crippen molar-refractivity contribution in [1.82, 2.24) is 5.32 Å². The fraction of sp³-hybridized carbons (Fsp3) is 0.263. The van der Waals surface area contributed by atoms with Gasteiger partial charge in [-0.15, -0.1) is 0 Å². The molecule has 2 aromatic rings. The summed E-state index contributed by atoms with van der Waals surface area (Å²) < 4.78 is 13.4. The molecule has 4 nitrogen and oxygen atoms in total. The third kappa shape index (κ3) is 4.19. The van der Waals surface area contributed by atoms with Crippen molar-refractivity contribution in [3.05, 3.63) is 71.0 Å². The maximum atomic E-state index is 13.4. The van der Waals surface area contributed by atoms with E-state index >= 15 is 0 Å². The molecule has 0 saturated carbocycles. The monoisotopic (exact) mass is 329 g/mol. The van der Waals surface area contributed by atoms with Crippen molar-refractivity contribution in [2.24, 2.45) is 0 Å². The van der Waals surface area contributed by atoms with Gasteiger partial charge in [-0.3, -0.25) is 4.79 Å². The molecule has 126 valence electrons. The summed E-state index contributed by atoms with van der Waals surface area (Å²) in [4.78, 5) is 23.2. The van der Waals surface area contributed by atoms with Gasteiger partial charge in [0, 0.05) is 6.54 Å². The van der Waals surface area contributed by atoms with E-state index in [0.717, 1.165) is 5.56 Å². The number of halogens is 1. The van der Waals surface area contributed by atoms with E-state index in [4.69, 9.17) is 5.11 Å². The van der Waals surface area contributed by atoms with Crippen LogP contribution in [0.3, 0.4) is 0 Å². The van der Waals surface area contributed by atoms with Gasteiger partial charge in [-0.1, -0.05) is 24.3 Å². The number of carbonyl (C=O) groups is 2. The van der Waals surface area contributed by atoms with Crippen LogP contribution in [-0.4, -0.2) is 23.5 Å². The highest BCUT2D eigenvalue weighted by atomic mass is 19.1.